The minimum Gasteiger partial charge on any atom is -0.496 e. The smallest absolute Gasteiger partial charge is 0.296 e. The second-order valence-corrected chi connectivity index (χ2v) is 21.0. The number of fused-ring (bicyclic) bond motifs is 4. The number of amides is 3. The molecule has 15 nitrogen and oxygen atoms in total. The first kappa shape index (κ1) is 42.7. The van der Waals surface area contributed by atoms with Crippen molar-refractivity contribution in [3.63, 3.8) is 0 Å². The molecule has 3 amide bonds. The Morgan fingerprint density at radius 3 is 2.62 bits per heavy atom. The topological polar surface area (TPSA) is 195 Å². The van der Waals surface area contributed by atoms with E-state index in [2.05, 4.69) is 34.2 Å². The van der Waals surface area contributed by atoms with Crippen molar-refractivity contribution in [3.05, 3.63) is 71.3 Å². The number of carbonyl (C=O) groups is 3. The Hall–Kier alpha value is -5.55. The Kier molecular flexibility index (Phi) is 11.2. The molecule has 0 unspecified atom stereocenters. The van der Waals surface area contributed by atoms with Crippen LogP contribution < -0.4 is 24.8 Å². The Bertz CT molecular complexity index is 2710. The fourth-order valence-electron chi connectivity index (χ4n) is 8.69. The van der Waals surface area contributed by atoms with Crippen molar-refractivity contribution < 1.29 is 36.7 Å². The maximum atomic E-state index is 15.0. The summed E-state index contributed by atoms with van der Waals surface area (Å²) in [7, 11) is -2.39. The molecule has 17 heteroatoms. The van der Waals surface area contributed by atoms with Crippen LogP contribution in [0.3, 0.4) is 0 Å². The second kappa shape index (κ2) is 16.5. The Balaban J connectivity index is 1.07. The number of hydrogen-bond acceptors (Lipinski definition) is 13. The van der Waals surface area contributed by atoms with E-state index in [0.717, 1.165) is 40.9 Å². The van der Waals surface area contributed by atoms with E-state index in [1.165, 1.54) is 16.2 Å². The van der Waals surface area contributed by atoms with Gasteiger partial charge in [0.15, 0.2) is 5.58 Å². The van der Waals surface area contributed by atoms with Crippen LogP contribution in [-0.2, 0) is 24.4 Å². The first-order valence-electron chi connectivity index (χ1n) is 21.8. The van der Waals surface area contributed by atoms with Crippen LogP contribution in [0.2, 0.25) is 0 Å². The van der Waals surface area contributed by atoms with E-state index in [1.807, 2.05) is 60.9 Å². The monoisotopic (exact) mass is 895 g/mol. The van der Waals surface area contributed by atoms with Crippen molar-refractivity contribution in [2.45, 2.75) is 120 Å². The quantitative estimate of drug-likeness (QED) is 0.120. The second-order valence-electron chi connectivity index (χ2n) is 17.9. The highest BCUT2D eigenvalue weighted by Crippen LogP contribution is 2.48. The molecule has 0 bridgehead atoms. The Morgan fingerprint density at radius 1 is 1.06 bits per heavy atom. The maximum absolute atomic E-state index is 15.0. The number of benzene rings is 2. The molecule has 3 aromatic heterocycles. The van der Waals surface area contributed by atoms with Gasteiger partial charge in [-0.1, -0.05) is 51.0 Å². The van der Waals surface area contributed by atoms with Gasteiger partial charge in [-0.2, -0.15) is 4.98 Å². The molecule has 2 aliphatic carbocycles. The summed E-state index contributed by atoms with van der Waals surface area (Å²) < 4.78 is 46.5. The molecule has 9 rings (SSSR count). The third-order valence-electron chi connectivity index (χ3n) is 13.1. The molecule has 5 atom stereocenters. The van der Waals surface area contributed by atoms with E-state index in [1.54, 1.807) is 20.1 Å². The Labute approximate surface area is 370 Å². The van der Waals surface area contributed by atoms with Gasteiger partial charge in [0.05, 0.1) is 29.6 Å². The van der Waals surface area contributed by atoms with Gasteiger partial charge in [-0.15, -0.1) is 11.3 Å². The lowest BCUT2D eigenvalue weighted by Gasteiger charge is -2.29. The van der Waals surface area contributed by atoms with Crippen LogP contribution in [0, 0.1) is 12.8 Å². The zero-order valence-electron chi connectivity index (χ0n) is 36.1. The van der Waals surface area contributed by atoms with Crippen molar-refractivity contribution in [1.82, 2.24) is 29.9 Å². The third kappa shape index (κ3) is 8.25. The van der Waals surface area contributed by atoms with E-state index in [9.17, 15) is 18.0 Å². The zero-order valence-corrected chi connectivity index (χ0v) is 37.7. The highest BCUT2D eigenvalue weighted by molar-refractivity contribution is 7.91. The number of aryl methyl sites for hydroxylation is 1. The molecule has 0 spiro atoms. The molecule has 2 aromatic carbocycles. The van der Waals surface area contributed by atoms with Crippen LogP contribution in [0.25, 0.3) is 32.7 Å². The van der Waals surface area contributed by atoms with Gasteiger partial charge in [-0.25, -0.2) is 18.4 Å². The standard InChI is InChI=1S/C46H53N7O8S2/c1-26(2)34-25-62-41(48-34)33-22-38(30-17-18-36(59-5)27(3)39(30)47-33)60-29-21-35-40(54)51-46(43(56)52-63(57,58)45(4)19-20-45)23-28(46)13-9-7-6-8-10-15-32(42(55)53(35)24-29)50-44-49-31-14-11-12-16-37(31)61-44/h9,11-14,16-18,22,25-26,28-29,32,35H,6-8,10,15,19-21,23-24H2,1-5H3,(H,49,50)(H,51,54)(H,52,56)/t28-,29-,32+,35+,46-/m1/s1. The minimum absolute atomic E-state index is 0.0426. The van der Waals surface area contributed by atoms with Gasteiger partial charge in [0.25, 0.3) is 11.9 Å². The normalized spacial score (nSPS) is 24.9. The number of ether oxygens (including phenoxy) is 2. The number of thiazole rings is 1. The number of hydrogen-bond donors (Lipinski definition) is 3. The summed E-state index contributed by atoms with van der Waals surface area (Å²) in [6, 6.07) is 11.2. The van der Waals surface area contributed by atoms with Crippen LogP contribution in [-0.4, -0.2) is 88.1 Å². The maximum Gasteiger partial charge on any atom is 0.296 e. The lowest BCUT2D eigenvalue weighted by molar-refractivity contribution is -0.140. The number of para-hydroxylation sites is 2. The molecule has 2 aliphatic heterocycles. The number of aromatic nitrogens is 3. The first-order chi connectivity index (χ1) is 30.2. The summed E-state index contributed by atoms with van der Waals surface area (Å²) in [5.41, 5.74) is 2.75. The van der Waals surface area contributed by atoms with E-state index in [-0.39, 0.29) is 37.2 Å². The van der Waals surface area contributed by atoms with Crippen LogP contribution in [0.15, 0.2) is 64.4 Å². The van der Waals surface area contributed by atoms with E-state index in [4.69, 9.17) is 23.9 Å². The molecule has 2 saturated carbocycles. The van der Waals surface area contributed by atoms with Crippen molar-refractivity contribution in [1.29, 1.82) is 0 Å². The van der Waals surface area contributed by atoms with Gasteiger partial charge in [-0.3, -0.25) is 19.1 Å². The van der Waals surface area contributed by atoms with E-state index >= 15 is 4.79 Å². The van der Waals surface area contributed by atoms with Gasteiger partial charge in [-0.05, 0) is 82.6 Å². The number of anilines is 1. The molecule has 5 aromatic rings. The van der Waals surface area contributed by atoms with E-state index < -0.39 is 56.2 Å². The predicted octanol–water partition coefficient (Wildman–Crippen LogP) is 7.16. The predicted molar refractivity (Wildman–Crippen MR) is 240 cm³/mol. The molecule has 5 heterocycles. The molecule has 332 valence electrons. The average Bonchev–Trinajstić information content (AvgIpc) is 3.90. The number of allylic oxidation sites excluding steroid dienone is 1. The summed E-state index contributed by atoms with van der Waals surface area (Å²) in [6.45, 7) is 7.76. The fourth-order valence-corrected chi connectivity index (χ4v) is 10.9. The third-order valence-corrected chi connectivity index (χ3v) is 16.1. The van der Waals surface area contributed by atoms with Gasteiger partial charge >= 0.3 is 0 Å². The van der Waals surface area contributed by atoms with Crippen LogP contribution in [0.4, 0.5) is 6.01 Å². The van der Waals surface area contributed by atoms with Gasteiger partial charge < -0.3 is 29.4 Å². The van der Waals surface area contributed by atoms with Crippen molar-refractivity contribution >= 4 is 67.1 Å². The number of methoxy groups -OCH3 is 1. The SMILES string of the molecule is COc1ccc2c(O[C@@H]3C[C@H]4C(=O)N[C@]5(C(=O)NS(=O)(=O)C6(C)CC6)C[C@H]5C=CCCCCC[C@H](Nc5nc6ccccc6o5)C(=O)N4C3)cc(-c3nc(C(C)C)cs3)nc2c1C. The Morgan fingerprint density at radius 2 is 1.87 bits per heavy atom. The van der Waals surface area contributed by atoms with Crippen LogP contribution in [0.1, 0.15) is 95.7 Å². The summed E-state index contributed by atoms with van der Waals surface area (Å²) in [5.74, 6) is -0.731. The van der Waals surface area contributed by atoms with Crippen molar-refractivity contribution in [3.8, 4) is 22.2 Å². The first-order valence-corrected chi connectivity index (χ1v) is 24.1. The molecule has 4 aliphatic rings. The summed E-state index contributed by atoms with van der Waals surface area (Å²) >= 11 is 1.49. The highest BCUT2D eigenvalue weighted by atomic mass is 32.2. The molecule has 0 radical (unpaired) electrons. The number of oxazole rings is 1. The summed E-state index contributed by atoms with van der Waals surface area (Å²) in [4.78, 5) is 59.9. The lowest BCUT2D eigenvalue weighted by atomic mass is 10.0. The van der Waals surface area contributed by atoms with Gasteiger partial charge in [0.1, 0.15) is 51.4 Å². The molecule has 3 fully saturated rings. The molecule has 3 N–H and O–H groups in total. The summed E-state index contributed by atoms with van der Waals surface area (Å²) in [5, 5.41) is 9.72. The summed E-state index contributed by atoms with van der Waals surface area (Å²) in [6.07, 6.45) is 7.95. The lowest BCUT2D eigenvalue weighted by Crippen LogP contribution is -2.58. The van der Waals surface area contributed by atoms with Gasteiger partial charge in [0, 0.05) is 34.7 Å². The zero-order chi connectivity index (χ0) is 44.3. The van der Waals surface area contributed by atoms with Gasteiger partial charge in [0.2, 0.25) is 21.8 Å². The number of rotatable bonds is 10. The largest absolute Gasteiger partial charge is 0.496 e. The van der Waals surface area contributed by atoms with Crippen LogP contribution in [0.5, 0.6) is 11.5 Å². The number of pyridine rings is 1. The molecule has 1 saturated heterocycles. The van der Waals surface area contributed by atoms with E-state index in [0.29, 0.717) is 59.5 Å². The van der Waals surface area contributed by atoms with Crippen LogP contribution >= 0.6 is 11.3 Å². The highest BCUT2D eigenvalue weighted by Gasteiger charge is 2.63. The minimum atomic E-state index is -4.00. The van der Waals surface area contributed by atoms with Crippen molar-refractivity contribution in [2.75, 3.05) is 19.0 Å². The number of sulfonamides is 1. The molecule has 63 heavy (non-hydrogen) atoms. The average molecular weight is 896 g/mol. The molecular weight excluding hydrogens is 843 g/mol. The number of nitrogens with one attached hydrogen (secondary N) is 3. The fraction of sp³-hybridized carbons (Fsp3) is 0.478. The number of carbonyl (C=O) groups excluding carboxylic acids is 3. The van der Waals surface area contributed by atoms with Crippen molar-refractivity contribution in [2.24, 2.45) is 5.92 Å². The molecular formula is C46H53N7O8S2. The number of nitrogens with zero attached hydrogens (tertiary/aromatic N) is 4.